The summed E-state index contributed by atoms with van der Waals surface area (Å²) in [6, 6.07) is 14.3. The maximum atomic E-state index is 12.5. The zero-order chi connectivity index (χ0) is 19.8. The number of anilines is 2. The second kappa shape index (κ2) is 6.98. The Balaban J connectivity index is 1.69. The molecule has 2 aromatic carbocycles. The van der Waals surface area contributed by atoms with E-state index >= 15 is 0 Å². The first-order valence-electron chi connectivity index (χ1n) is 8.68. The minimum Gasteiger partial charge on any atom is -0.288 e. The number of aromatic nitrogens is 1. The van der Waals surface area contributed by atoms with Gasteiger partial charge in [0.15, 0.2) is 16.7 Å². The number of carbonyl (C=O) groups excluding carboxylic acids is 3. The summed E-state index contributed by atoms with van der Waals surface area (Å²) in [6.45, 7) is 3.45. The van der Waals surface area contributed by atoms with E-state index in [4.69, 9.17) is 0 Å². The van der Waals surface area contributed by atoms with Crippen LogP contribution in [0.15, 0.2) is 59.5 Å². The van der Waals surface area contributed by atoms with Gasteiger partial charge in [0.2, 0.25) is 5.91 Å². The molecule has 28 heavy (non-hydrogen) atoms. The molecule has 0 N–H and O–H groups in total. The van der Waals surface area contributed by atoms with E-state index in [0.29, 0.717) is 27.6 Å². The van der Waals surface area contributed by atoms with Crippen molar-refractivity contribution in [1.29, 1.82) is 0 Å². The number of fused-ring (bicyclic) bond motifs is 1. The number of benzene rings is 2. The van der Waals surface area contributed by atoms with Gasteiger partial charge in [-0.25, -0.2) is 4.98 Å². The number of amides is 1. The Labute approximate surface area is 166 Å². The van der Waals surface area contributed by atoms with E-state index in [2.05, 4.69) is 4.98 Å². The third kappa shape index (κ3) is 3.08. The largest absolute Gasteiger partial charge is 0.288 e. The summed E-state index contributed by atoms with van der Waals surface area (Å²) in [6.07, 6.45) is 1.50. The molecule has 1 aliphatic carbocycles. The molecule has 0 unspecified atom stereocenters. The third-order valence-corrected chi connectivity index (χ3v) is 5.35. The lowest BCUT2D eigenvalue weighted by Crippen LogP contribution is -2.22. The van der Waals surface area contributed by atoms with Crippen molar-refractivity contribution < 1.29 is 14.4 Å². The topological polar surface area (TPSA) is 67.3 Å². The van der Waals surface area contributed by atoms with Crippen molar-refractivity contribution in [2.45, 2.75) is 13.8 Å². The summed E-state index contributed by atoms with van der Waals surface area (Å²) in [7, 11) is 0. The number of allylic oxidation sites excluding steroid dienone is 1. The maximum Gasteiger partial charge on any atom is 0.230 e. The van der Waals surface area contributed by atoms with Crippen molar-refractivity contribution in [2.75, 3.05) is 4.90 Å². The Hall–Kier alpha value is -3.38. The summed E-state index contributed by atoms with van der Waals surface area (Å²) in [5.41, 5.74) is 3.21. The van der Waals surface area contributed by atoms with E-state index in [0.717, 1.165) is 5.56 Å². The molecule has 6 heteroatoms. The van der Waals surface area contributed by atoms with Crippen LogP contribution in [0.3, 0.4) is 0 Å². The standard InChI is InChI=1S/C22H16N2O3S/c1-13-7-9-16(10-8-13)24(14(2)25)22-23-15(12-28-22)11-19-20(26)17-5-3-4-6-18(17)21(19)27/h3-12H,1-2H3. The molecule has 0 spiro atoms. The summed E-state index contributed by atoms with van der Waals surface area (Å²) in [5, 5.41) is 2.22. The zero-order valence-electron chi connectivity index (χ0n) is 15.3. The molecule has 0 aliphatic heterocycles. The fourth-order valence-electron chi connectivity index (χ4n) is 3.12. The van der Waals surface area contributed by atoms with Crippen LogP contribution in [-0.2, 0) is 4.79 Å². The number of hydrogen-bond acceptors (Lipinski definition) is 5. The Morgan fingerprint density at radius 3 is 2.18 bits per heavy atom. The number of rotatable bonds is 3. The average molecular weight is 388 g/mol. The summed E-state index contributed by atoms with van der Waals surface area (Å²) >= 11 is 1.28. The van der Waals surface area contributed by atoms with E-state index in [9.17, 15) is 14.4 Å². The molecule has 1 aliphatic rings. The highest BCUT2D eigenvalue weighted by Gasteiger charge is 2.32. The number of Topliss-reactive ketones (excluding diaryl/α,β-unsaturated/α-hetero) is 2. The molecule has 138 valence electrons. The number of nitrogens with zero attached hydrogens (tertiary/aromatic N) is 2. The van der Waals surface area contributed by atoms with Gasteiger partial charge in [0.25, 0.3) is 0 Å². The molecule has 1 heterocycles. The van der Waals surface area contributed by atoms with Crippen LogP contribution in [0.25, 0.3) is 6.08 Å². The van der Waals surface area contributed by atoms with E-state index < -0.39 is 0 Å². The Morgan fingerprint density at radius 2 is 1.61 bits per heavy atom. The van der Waals surface area contributed by atoms with E-state index in [1.807, 2.05) is 31.2 Å². The van der Waals surface area contributed by atoms with E-state index in [1.165, 1.54) is 29.2 Å². The minimum atomic E-state index is -0.294. The molecule has 0 bridgehead atoms. The maximum absolute atomic E-state index is 12.5. The highest BCUT2D eigenvalue weighted by Crippen LogP contribution is 2.32. The van der Waals surface area contributed by atoms with Crippen molar-refractivity contribution in [3.8, 4) is 0 Å². The van der Waals surface area contributed by atoms with E-state index in [-0.39, 0.29) is 23.0 Å². The SMILES string of the molecule is CC(=O)N(c1ccc(C)cc1)c1nc(C=C2C(=O)c3ccccc3C2=O)cs1. The molecular formula is C22H16N2O3S. The predicted octanol–water partition coefficient (Wildman–Crippen LogP) is 4.60. The number of aryl methyl sites for hydroxylation is 1. The first-order valence-corrected chi connectivity index (χ1v) is 9.56. The van der Waals surface area contributed by atoms with Crippen molar-refractivity contribution in [3.63, 3.8) is 0 Å². The average Bonchev–Trinajstić information content (AvgIpc) is 3.23. The van der Waals surface area contributed by atoms with Crippen LogP contribution in [0.4, 0.5) is 10.8 Å². The van der Waals surface area contributed by atoms with Crippen LogP contribution in [-0.4, -0.2) is 22.5 Å². The fourth-order valence-corrected chi connectivity index (χ4v) is 3.96. The molecular weight excluding hydrogens is 372 g/mol. The third-order valence-electron chi connectivity index (χ3n) is 4.51. The van der Waals surface area contributed by atoms with Gasteiger partial charge >= 0.3 is 0 Å². The van der Waals surface area contributed by atoms with Crippen molar-refractivity contribution in [2.24, 2.45) is 0 Å². The minimum absolute atomic E-state index is 0.0998. The molecule has 1 aromatic heterocycles. The first kappa shape index (κ1) is 18.0. The van der Waals surface area contributed by atoms with Gasteiger partial charge < -0.3 is 0 Å². The lowest BCUT2D eigenvalue weighted by atomic mass is 10.1. The van der Waals surface area contributed by atoms with Crippen molar-refractivity contribution in [1.82, 2.24) is 4.98 Å². The van der Waals surface area contributed by atoms with E-state index in [1.54, 1.807) is 29.6 Å². The number of hydrogen-bond donors (Lipinski definition) is 0. The summed E-state index contributed by atoms with van der Waals surface area (Å²) < 4.78 is 0. The van der Waals surface area contributed by atoms with Crippen LogP contribution in [0.1, 0.15) is 38.9 Å². The van der Waals surface area contributed by atoms with Crippen LogP contribution in [0, 0.1) is 6.92 Å². The van der Waals surface area contributed by atoms with Gasteiger partial charge in [-0.05, 0) is 25.1 Å². The fraction of sp³-hybridized carbons (Fsp3) is 0.0909. The number of carbonyl (C=O) groups is 3. The Kier molecular flexibility index (Phi) is 4.49. The van der Waals surface area contributed by atoms with Gasteiger partial charge in [-0.2, -0.15) is 0 Å². The highest BCUT2D eigenvalue weighted by atomic mass is 32.1. The number of ketones is 2. The second-order valence-corrected chi connectivity index (χ2v) is 7.34. The molecule has 3 aromatic rings. The smallest absolute Gasteiger partial charge is 0.230 e. The molecule has 0 saturated heterocycles. The highest BCUT2D eigenvalue weighted by molar-refractivity contribution is 7.14. The lowest BCUT2D eigenvalue weighted by molar-refractivity contribution is -0.115. The van der Waals surface area contributed by atoms with Crippen molar-refractivity contribution in [3.05, 3.63) is 81.9 Å². The molecule has 0 fully saturated rings. The quantitative estimate of drug-likeness (QED) is 0.486. The second-order valence-electron chi connectivity index (χ2n) is 6.51. The predicted molar refractivity (Wildman–Crippen MR) is 109 cm³/mol. The van der Waals surface area contributed by atoms with Gasteiger partial charge in [0.1, 0.15) is 0 Å². The monoisotopic (exact) mass is 388 g/mol. The lowest BCUT2D eigenvalue weighted by Gasteiger charge is -2.18. The number of thiazole rings is 1. The molecule has 4 rings (SSSR count). The molecule has 5 nitrogen and oxygen atoms in total. The van der Waals surface area contributed by atoms with Crippen molar-refractivity contribution >= 4 is 45.7 Å². The van der Waals surface area contributed by atoms with Crippen LogP contribution < -0.4 is 4.90 Å². The van der Waals surface area contributed by atoms with Gasteiger partial charge in [-0.3, -0.25) is 19.3 Å². The summed E-state index contributed by atoms with van der Waals surface area (Å²) in [5.74, 6) is -0.757. The summed E-state index contributed by atoms with van der Waals surface area (Å²) in [4.78, 5) is 43.3. The normalized spacial score (nSPS) is 12.9. The van der Waals surface area contributed by atoms with Gasteiger partial charge in [0, 0.05) is 23.4 Å². The zero-order valence-corrected chi connectivity index (χ0v) is 16.1. The molecule has 1 amide bonds. The van der Waals surface area contributed by atoms with Crippen LogP contribution in [0.5, 0.6) is 0 Å². The van der Waals surface area contributed by atoms with Gasteiger partial charge in [0.05, 0.1) is 17.0 Å². The van der Waals surface area contributed by atoms with Crippen LogP contribution >= 0.6 is 11.3 Å². The van der Waals surface area contributed by atoms with Gasteiger partial charge in [-0.1, -0.05) is 42.0 Å². The molecule has 0 saturated carbocycles. The molecule has 0 radical (unpaired) electrons. The Bertz CT molecular complexity index is 1110. The molecule has 0 atom stereocenters. The van der Waals surface area contributed by atoms with Gasteiger partial charge in [-0.15, -0.1) is 11.3 Å². The first-order chi connectivity index (χ1) is 13.5. The van der Waals surface area contributed by atoms with Crippen LogP contribution in [0.2, 0.25) is 0 Å². The Morgan fingerprint density at radius 1 is 1.00 bits per heavy atom.